The van der Waals surface area contributed by atoms with Gasteiger partial charge in [-0.1, -0.05) is 60.7 Å². The zero-order valence-electron chi connectivity index (χ0n) is 18.0. The Morgan fingerprint density at radius 3 is 1.91 bits per heavy atom. The normalized spacial score (nSPS) is 17.6. The van der Waals surface area contributed by atoms with E-state index in [1.165, 1.54) is 0 Å². The van der Waals surface area contributed by atoms with Crippen LogP contribution in [-0.4, -0.2) is 21.5 Å². The molecule has 10 nitrogen and oxygen atoms in total. The first kappa shape index (κ1) is 22.7. The van der Waals surface area contributed by atoms with E-state index in [1.54, 1.807) is 0 Å². The van der Waals surface area contributed by atoms with Gasteiger partial charge in [0.2, 0.25) is 0 Å². The van der Waals surface area contributed by atoms with Crippen LogP contribution in [0.1, 0.15) is 46.4 Å². The molecule has 3 aromatic rings. The van der Waals surface area contributed by atoms with Crippen LogP contribution in [0, 0.1) is 20.2 Å². The number of carbonyl (C=O) groups excluding carboxylic acids is 1. The van der Waals surface area contributed by atoms with Gasteiger partial charge in [-0.15, -0.1) is 0 Å². The average Bonchev–Trinajstić information content (AvgIpc) is 2.87. The zero-order valence-corrected chi connectivity index (χ0v) is 18.0. The lowest BCUT2D eigenvalue weighted by molar-refractivity contribution is -0.394. The smallest absolute Gasteiger partial charge is 0.289 e. The number of hydrogen-bond acceptors (Lipinski definition) is 7. The number of nitrogens with one attached hydrogen (secondary N) is 2. The van der Waals surface area contributed by atoms with Gasteiger partial charge in [-0.05, 0) is 17.2 Å². The lowest BCUT2D eigenvalue weighted by atomic mass is 9.89. The minimum absolute atomic E-state index is 0.0375. The molecule has 10 heteroatoms. The van der Waals surface area contributed by atoms with Crippen molar-refractivity contribution in [3.63, 3.8) is 0 Å². The predicted octanol–water partition coefficient (Wildman–Crippen LogP) is 4.45. The molecule has 0 spiro atoms. The van der Waals surface area contributed by atoms with Crippen molar-refractivity contribution in [1.82, 2.24) is 10.7 Å². The van der Waals surface area contributed by atoms with E-state index in [0.29, 0.717) is 12.8 Å². The molecule has 1 saturated heterocycles. The fraction of sp³-hybridized carbons (Fsp3) is 0.167. The summed E-state index contributed by atoms with van der Waals surface area (Å²) in [6.45, 7) is 0. The molecule has 2 N–H and O–H groups in total. The molecular weight excluding hydrogens is 438 g/mol. The lowest BCUT2D eigenvalue weighted by Crippen LogP contribution is -2.36. The third-order valence-electron chi connectivity index (χ3n) is 5.63. The number of nitro groups is 2. The molecule has 34 heavy (non-hydrogen) atoms. The summed E-state index contributed by atoms with van der Waals surface area (Å²) >= 11 is 0. The Bertz CT molecular complexity index is 1200. The second-order valence-corrected chi connectivity index (χ2v) is 7.84. The minimum Gasteiger partial charge on any atom is -0.302 e. The second kappa shape index (κ2) is 10.0. The van der Waals surface area contributed by atoms with Gasteiger partial charge in [-0.3, -0.25) is 25.0 Å². The number of nitro benzene ring substituents is 2. The summed E-state index contributed by atoms with van der Waals surface area (Å²) in [7, 11) is 0. The van der Waals surface area contributed by atoms with E-state index in [9.17, 15) is 25.0 Å². The average molecular weight is 459 g/mol. The molecule has 1 heterocycles. The van der Waals surface area contributed by atoms with Crippen LogP contribution in [0.5, 0.6) is 0 Å². The number of non-ortho nitro benzene ring substituents is 1. The van der Waals surface area contributed by atoms with Gasteiger partial charge in [0.05, 0.1) is 15.9 Å². The number of amides is 1. The van der Waals surface area contributed by atoms with Gasteiger partial charge >= 0.3 is 0 Å². The maximum absolute atomic E-state index is 12.7. The van der Waals surface area contributed by atoms with Crippen LogP contribution in [0.15, 0.2) is 84.0 Å². The van der Waals surface area contributed by atoms with Crippen molar-refractivity contribution in [2.75, 3.05) is 0 Å². The third kappa shape index (κ3) is 5.13. The fourth-order valence-electron chi connectivity index (χ4n) is 3.97. The molecule has 1 aliphatic rings. The van der Waals surface area contributed by atoms with Crippen molar-refractivity contribution in [3.05, 3.63) is 116 Å². The van der Waals surface area contributed by atoms with E-state index in [0.717, 1.165) is 35.0 Å². The molecule has 0 aromatic heterocycles. The highest BCUT2D eigenvalue weighted by Gasteiger charge is 2.28. The summed E-state index contributed by atoms with van der Waals surface area (Å²) in [5.74, 6) is -0.805. The van der Waals surface area contributed by atoms with Gasteiger partial charge in [0.25, 0.3) is 17.3 Å². The molecule has 0 radical (unpaired) electrons. The number of carbonyl (C=O) groups is 1. The quantitative estimate of drug-likeness (QED) is 0.412. The van der Waals surface area contributed by atoms with Crippen LogP contribution in [0.3, 0.4) is 0 Å². The van der Waals surface area contributed by atoms with Crippen molar-refractivity contribution in [2.45, 2.75) is 24.9 Å². The molecule has 3 aromatic carbocycles. The van der Waals surface area contributed by atoms with E-state index in [-0.39, 0.29) is 17.6 Å². The number of hydrogen-bond donors (Lipinski definition) is 2. The molecule has 4 rings (SSSR count). The van der Waals surface area contributed by atoms with Gasteiger partial charge < -0.3 is 5.32 Å². The number of hydrazone groups is 1. The zero-order chi connectivity index (χ0) is 24.1. The van der Waals surface area contributed by atoms with Crippen LogP contribution in [0.2, 0.25) is 0 Å². The van der Waals surface area contributed by atoms with Gasteiger partial charge in [0, 0.05) is 36.7 Å². The van der Waals surface area contributed by atoms with Gasteiger partial charge in [0.1, 0.15) is 5.56 Å². The maximum Gasteiger partial charge on any atom is 0.289 e. The number of rotatable bonds is 6. The molecule has 1 amide bonds. The van der Waals surface area contributed by atoms with Crippen LogP contribution < -0.4 is 10.7 Å². The summed E-state index contributed by atoms with van der Waals surface area (Å²) < 4.78 is 0. The Hall–Kier alpha value is -4.44. The topological polar surface area (TPSA) is 140 Å². The van der Waals surface area contributed by atoms with Gasteiger partial charge in [-0.2, -0.15) is 5.10 Å². The van der Waals surface area contributed by atoms with Crippen molar-refractivity contribution in [1.29, 1.82) is 0 Å². The highest BCUT2D eigenvalue weighted by atomic mass is 16.6. The third-order valence-corrected chi connectivity index (χ3v) is 5.63. The molecule has 1 fully saturated rings. The summed E-state index contributed by atoms with van der Waals surface area (Å²) in [4.78, 5) is 33.4. The maximum atomic E-state index is 12.7. The fourth-order valence-corrected chi connectivity index (χ4v) is 3.97. The predicted molar refractivity (Wildman–Crippen MR) is 125 cm³/mol. The number of benzene rings is 3. The Balaban J connectivity index is 1.59. The Morgan fingerprint density at radius 2 is 1.41 bits per heavy atom. The van der Waals surface area contributed by atoms with Crippen molar-refractivity contribution >= 4 is 23.0 Å². The summed E-state index contributed by atoms with van der Waals surface area (Å²) in [6, 6.07) is 22.6. The SMILES string of the molecule is O=C(NN=C1CC(c2ccccc2)NC(c2ccccc2)C1)c1ccc([N+](=O)[O-])cc1[N+](=O)[O-]. The Morgan fingerprint density at radius 1 is 0.853 bits per heavy atom. The van der Waals surface area contributed by atoms with E-state index in [4.69, 9.17) is 0 Å². The monoisotopic (exact) mass is 459 g/mol. The first-order valence-electron chi connectivity index (χ1n) is 10.6. The summed E-state index contributed by atoms with van der Waals surface area (Å²) in [6.07, 6.45) is 1.08. The first-order chi connectivity index (χ1) is 16.4. The largest absolute Gasteiger partial charge is 0.302 e. The van der Waals surface area contributed by atoms with Gasteiger partial charge in [-0.25, -0.2) is 5.43 Å². The number of piperidine rings is 1. The van der Waals surface area contributed by atoms with E-state index in [1.807, 2.05) is 60.7 Å². The summed E-state index contributed by atoms with van der Waals surface area (Å²) in [5.41, 5.74) is 3.86. The molecule has 1 aliphatic heterocycles. The van der Waals surface area contributed by atoms with Crippen LogP contribution in [0.4, 0.5) is 11.4 Å². The molecule has 0 saturated carbocycles. The molecular formula is C24H21N5O5. The highest BCUT2D eigenvalue weighted by molar-refractivity contribution is 5.99. The van der Waals surface area contributed by atoms with Crippen LogP contribution >= 0.6 is 0 Å². The molecule has 0 aliphatic carbocycles. The van der Waals surface area contributed by atoms with E-state index < -0.39 is 27.1 Å². The van der Waals surface area contributed by atoms with Crippen LogP contribution in [-0.2, 0) is 0 Å². The summed E-state index contributed by atoms with van der Waals surface area (Å²) in [5, 5.41) is 30.2. The molecule has 2 unspecified atom stereocenters. The Labute approximate surface area is 194 Å². The van der Waals surface area contributed by atoms with E-state index >= 15 is 0 Å². The van der Waals surface area contributed by atoms with Crippen molar-refractivity contribution in [3.8, 4) is 0 Å². The van der Waals surface area contributed by atoms with Crippen molar-refractivity contribution in [2.24, 2.45) is 5.10 Å². The highest BCUT2D eigenvalue weighted by Crippen LogP contribution is 2.31. The molecule has 172 valence electrons. The van der Waals surface area contributed by atoms with Crippen LogP contribution in [0.25, 0.3) is 0 Å². The second-order valence-electron chi connectivity index (χ2n) is 7.84. The van der Waals surface area contributed by atoms with Crippen molar-refractivity contribution < 1.29 is 14.6 Å². The molecule has 0 bridgehead atoms. The Kier molecular flexibility index (Phi) is 6.69. The first-order valence-corrected chi connectivity index (χ1v) is 10.6. The lowest BCUT2D eigenvalue weighted by Gasteiger charge is -2.32. The number of nitrogens with zero attached hydrogens (tertiary/aromatic N) is 3. The minimum atomic E-state index is -0.823. The van der Waals surface area contributed by atoms with Gasteiger partial charge in [0.15, 0.2) is 0 Å². The standard InChI is InChI=1S/C24H21N5O5/c30-24(20-12-11-19(28(31)32)15-23(20)29(33)34)27-26-18-13-21(16-7-3-1-4-8-16)25-22(14-18)17-9-5-2-6-10-17/h1-12,15,21-22,25H,13-14H2,(H,27,30). The van der Waals surface area contributed by atoms with E-state index in [2.05, 4.69) is 15.8 Å². The molecule has 2 atom stereocenters.